The van der Waals surface area contributed by atoms with Crippen LogP contribution in [0.15, 0.2) is 0 Å². The Labute approximate surface area is 218 Å². The number of hydrogen-bond acceptors (Lipinski definition) is 5. The molecule has 35 heavy (non-hydrogen) atoms. The van der Waals surface area contributed by atoms with Crippen molar-refractivity contribution in [3.8, 4) is 0 Å². The Balaban J connectivity index is 1.55. The Morgan fingerprint density at radius 1 is 1.03 bits per heavy atom. The van der Waals surface area contributed by atoms with Crippen LogP contribution in [-0.2, 0) is 19.1 Å². The van der Waals surface area contributed by atoms with Crippen LogP contribution in [0, 0.1) is 46.3 Å². The van der Waals surface area contributed by atoms with Crippen molar-refractivity contribution in [1.82, 2.24) is 0 Å². The minimum absolute atomic E-state index is 0.0631. The van der Waals surface area contributed by atoms with Crippen LogP contribution >= 0.6 is 11.8 Å². The van der Waals surface area contributed by atoms with E-state index < -0.39 is 0 Å². The van der Waals surface area contributed by atoms with Gasteiger partial charge in [0.15, 0.2) is 0 Å². The fourth-order valence-electron chi connectivity index (χ4n) is 9.57. The Kier molecular flexibility index (Phi) is 8.55. The van der Waals surface area contributed by atoms with Crippen molar-refractivity contribution >= 4 is 23.7 Å². The first kappa shape index (κ1) is 27.3. The first-order chi connectivity index (χ1) is 16.6. The summed E-state index contributed by atoms with van der Waals surface area (Å²) >= 11 is 2.26. The van der Waals surface area contributed by atoms with Crippen molar-refractivity contribution in [2.75, 3.05) is 12.9 Å². The number of carbonyl (C=O) groups excluding carboxylic acids is 2. The van der Waals surface area contributed by atoms with Gasteiger partial charge in [-0.2, -0.15) is 11.8 Å². The Bertz CT molecular complexity index is 769. The fraction of sp³-hybridized carbons (Fsp3) is 0.933. The smallest absolute Gasteiger partial charge is 0.305 e. The molecule has 0 radical (unpaired) electrons. The predicted molar refractivity (Wildman–Crippen MR) is 143 cm³/mol. The molecule has 0 heterocycles. The summed E-state index contributed by atoms with van der Waals surface area (Å²) in [6, 6.07) is 0. The fourth-order valence-corrected chi connectivity index (χ4v) is 11.1. The quantitative estimate of drug-likeness (QED) is 0.324. The van der Waals surface area contributed by atoms with Crippen molar-refractivity contribution < 1.29 is 19.1 Å². The number of methoxy groups -OCH3 is 1. The molecule has 4 saturated carbocycles. The zero-order chi connectivity index (χ0) is 25.4. The molecule has 0 aromatic carbocycles. The normalized spacial score (nSPS) is 43.4. The van der Waals surface area contributed by atoms with Crippen molar-refractivity contribution in [3.63, 3.8) is 0 Å². The lowest BCUT2D eigenvalue weighted by Gasteiger charge is -2.63. The molecule has 0 saturated heterocycles. The van der Waals surface area contributed by atoms with Gasteiger partial charge in [-0.1, -0.05) is 27.7 Å². The van der Waals surface area contributed by atoms with Gasteiger partial charge in [0.1, 0.15) is 6.10 Å². The van der Waals surface area contributed by atoms with Crippen LogP contribution in [0.2, 0.25) is 0 Å². The van der Waals surface area contributed by atoms with Gasteiger partial charge < -0.3 is 9.47 Å². The van der Waals surface area contributed by atoms with Gasteiger partial charge >= 0.3 is 11.9 Å². The van der Waals surface area contributed by atoms with Crippen LogP contribution in [0.3, 0.4) is 0 Å². The van der Waals surface area contributed by atoms with E-state index in [2.05, 4.69) is 39.5 Å². The van der Waals surface area contributed by atoms with Crippen LogP contribution in [0.4, 0.5) is 0 Å². The highest BCUT2D eigenvalue weighted by molar-refractivity contribution is 7.99. The third kappa shape index (κ3) is 5.18. The van der Waals surface area contributed by atoms with Crippen LogP contribution in [-0.4, -0.2) is 36.2 Å². The number of fused-ring (bicyclic) bond motifs is 5. The highest BCUT2D eigenvalue weighted by Crippen LogP contribution is 2.69. The molecule has 4 nitrogen and oxygen atoms in total. The summed E-state index contributed by atoms with van der Waals surface area (Å²) in [4.78, 5) is 23.5. The van der Waals surface area contributed by atoms with E-state index in [1.807, 2.05) is 0 Å². The van der Waals surface area contributed by atoms with Gasteiger partial charge in [0.2, 0.25) is 0 Å². The SMILES string of the molecule is CCCS[C@H]1CC2C[C@H](OC(C)=O)CC[C@]2(C)C2CC[C@]3(C)C(C(C)CCC(=O)OC)CCC3C21. The second-order valence-corrected chi connectivity index (χ2v) is 14.3. The molecule has 4 rings (SSSR count). The molecule has 0 aromatic rings. The highest BCUT2D eigenvalue weighted by Gasteiger charge is 2.63. The van der Waals surface area contributed by atoms with Crippen LogP contribution < -0.4 is 0 Å². The van der Waals surface area contributed by atoms with Gasteiger partial charge in [0.05, 0.1) is 7.11 Å². The van der Waals surface area contributed by atoms with E-state index in [1.165, 1.54) is 57.8 Å². The van der Waals surface area contributed by atoms with Gasteiger partial charge in [-0.15, -0.1) is 0 Å². The number of thioether (sulfide) groups is 1. The van der Waals surface area contributed by atoms with E-state index in [9.17, 15) is 9.59 Å². The average molecular weight is 507 g/mol. The van der Waals surface area contributed by atoms with E-state index in [1.54, 1.807) is 6.92 Å². The molecule has 4 aliphatic rings. The topological polar surface area (TPSA) is 52.6 Å². The lowest BCUT2D eigenvalue weighted by molar-refractivity contribution is -0.159. The second-order valence-electron chi connectivity index (χ2n) is 13.0. The summed E-state index contributed by atoms with van der Waals surface area (Å²) in [6.07, 6.45) is 12.9. The molecular formula is C30H50O4S. The molecule has 0 aromatic heterocycles. The molecule has 4 fully saturated rings. The largest absolute Gasteiger partial charge is 0.469 e. The number of ether oxygens (including phenoxy) is 2. The Hall–Kier alpha value is -0.710. The molecule has 10 atom stereocenters. The van der Waals surface area contributed by atoms with E-state index >= 15 is 0 Å². The maximum atomic E-state index is 11.8. The molecule has 0 bridgehead atoms. The number of carbonyl (C=O) groups is 2. The summed E-state index contributed by atoms with van der Waals surface area (Å²) in [5, 5.41) is 0.739. The number of rotatable bonds is 8. The third-order valence-corrected chi connectivity index (χ3v) is 12.9. The van der Waals surface area contributed by atoms with Gasteiger partial charge in [-0.05, 0) is 116 Å². The van der Waals surface area contributed by atoms with Gasteiger partial charge in [-0.3, -0.25) is 9.59 Å². The summed E-state index contributed by atoms with van der Waals surface area (Å²) in [5.74, 6) is 5.48. The van der Waals surface area contributed by atoms with Gasteiger partial charge in [0.25, 0.3) is 0 Å². The van der Waals surface area contributed by atoms with Gasteiger partial charge in [-0.25, -0.2) is 0 Å². The van der Waals surface area contributed by atoms with E-state index in [0.717, 1.165) is 48.2 Å². The zero-order valence-corrected chi connectivity index (χ0v) is 24.0. The summed E-state index contributed by atoms with van der Waals surface area (Å²) in [6.45, 7) is 11.5. The molecule has 6 unspecified atom stereocenters. The molecule has 0 spiro atoms. The van der Waals surface area contributed by atoms with Gasteiger partial charge in [0, 0.05) is 18.6 Å². The minimum atomic E-state index is -0.115. The number of esters is 2. The molecule has 0 amide bonds. The first-order valence-electron chi connectivity index (χ1n) is 14.5. The minimum Gasteiger partial charge on any atom is -0.469 e. The van der Waals surface area contributed by atoms with E-state index in [0.29, 0.717) is 29.1 Å². The monoisotopic (exact) mass is 506 g/mol. The van der Waals surface area contributed by atoms with Crippen LogP contribution in [0.1, 0.15) is 105 Å². The maximum Gasteiger partial charge on any atom is 0.305 e. The van der Waals surface area contributed by atoms with Crippen molar-refractivity contribution in [2.45, 2.75) is 117 Å². The predicted octanol–water partition coefficient (Wildman–Crippen LogP) is 7.29. The molecule has 0 N–H and O–H groups in total. The second kappa shape index (κ2) is 11.0. The van der Waals surface area contributed by atoms with E-state index in [4.69, 9.17) is 9.47 Å². The lowest BCUT2D eigenvalue weighted by atomic mass is 9.44. The van der Waals surface area contributed by atoms with Crippen molar-refractivity contribution in [3.05, 3.63) is 0 Å². The molecule has 5 heteroatoms. The maximum absolute atomic E-state index is 11.8. The molecular weight excluding hydrogens is 456 g/mol. The summed E-state index contributed by atoms with van der Waals surface area (Å²) in [5.41, 5.74) is 0.792. The van der Waals surface area contributed by atoms with Crippen LogP contribution in [0.25, 0.3) is 0 Å². The van der Waals surface area contributed by atoms with Crippen molar-refractivity contribution in [1.29, 1.82) is 0 Å². The first-order valence-corrected chi connectivity index (χ1v) is 15.5. The highest BCUT2D eigenvalue weighted by atomic mass is 32.2. The molecule has 200 valence electrons. The Morgan fingerprint density at radius 3 is 2.43 bits per heavy atom. The third-order valence-electron chi connectivity index (χ3n) is 11.3. The molecule has 4 aliphatic carbocycles. The molecule has 0 aliphatic heterocycles. The Morgan fingerprint density at radius 2 is 1.74 bits per heavy atom. The standard InChI is InChI=1S/C30H50O4S/c1-7-16-35-26-18-21-17-22(34-20(3)31)12-14-29(21,4)25-13-15-30(5)23(9-10-24(30)28(25)26)19(2)8-11-27(32)33-6/h19,21-26,28H,7-18H2,1-6H3/t19?,21?,22-,23?,24?,25?,26+,28?,29+,30-/m1/s1. The lowest BCUT2D eigenvalue weighted by Crippen LogP contribution is -2.58. The summed E-state index contributed by atoms with van der Waals surface area (Å²) in [7, 11) is 1.51. The number of hydrogen-bond donors (Lipinski definition) is 0. The van der Waals surface area contributed by atoms with Crippen LogP contribution in [0.5, 0.6) is 0 Å². The zero-order valence-electron chi connectivity index (χ0n) is 23.1. The van der Waals surface area contributed by atoms with Crippen molar-refractivity contribution in [2.24, 2.45) is 46.3 Å². The summed E-state index contributed by atoms with van der Waals surface area (Å²) < 4.78 is 10.7. The average Bonchev–Trinajstić information content (AvgIpc) is 3.18. The van der Waals surface area contributed by atoms with E-state index in [-0.39, 0.29) is 18.0 Å².